The van der Waals surface area contributed by atoms with Crippen molar-refractivity contribution in [1.82, 2.24) is 5.32 Å². The highest BCUT2D eigenvalue weighted by Crippen LogP contribution is 2.33. The number of thioether (sulfide) groups is 1. The molecule has 4 rings (SSSR count). The number of rotatable bonds is 9. The molecule has 1 fully saturated rings. The van der Waals surface area contributed by atoms with Crippen molar-refractivity contribution >= 4 is 41.0 Å². The Morgan fingerprint density at radius 1 is 1.02 bits per heavy atom. The molecule has 1 aliphatic carbocycles. The van der Waals surface area contributed by atoms with Crippen molar-refractivity contribution in [3.05, 3.63) is 89.5 Å². The zero-order valence-electron chi connectivity index (χ0n) is 22.6. The molecule has 0 aliphatic heterocycles. The van der Waals surface area contributed by atoms with Gasteiger partial charge in [-0.1, -0.05) is 61.6 Å². The van der Waals surface area contributed by atoms with Crippen molar-refractivity contribution in [2.24, 2.45) is 16.1 Å². The second-order valence-corrected chi connectivity index (χ2v) is 11.0. The largest absolute Gasteiger partial charge is 0.368 e. The van der Waals surface area contributed by atoms with E-state index >= 15 is 0 Å². The fourth-order valence-electron chi connectivity index (χ4n) is 4.88. The van der Waals surface area contributed by atoms with Gasteiger partial charge in [-0.2, -0.15) is 5.53 Å². The van der Waals surface area contributed by atoms with E-state index in [1.54, 1.807) is 40.9 Å². The van der Waals surface area contributed by atoms with Crippen LogP contribution in [0.3, 0.4) is 0 Å². The molecule has 0 spiro atoms. The molecule has 0 radical (unpaired) electrons. The molecule has 3 aromatic carbocycles. The Morgan fingerprint density at radius 3 is 2.42 bits per heavy atom. The van der Waals surface area contributed by atoms with Crippen LogP contribution in [0.4, 0.5) is 16.2 Å². The fourth-order valence-corrected chi connectivity index (χ4v) is 5.59. The van der Waals surface area contributed by atoms with E-state index in [1.165, 1.54) is 37.7 Å². The van der Waals surface area contributed by atoms with Crippen LogP contribution in [0.1, 0.15) is 66.4 Å². The van der Waals surface area contributed by atoms with Gasteiger partial charge in [-0.05, 0) is 83.3 Å². The normalized spacial score (nSPS) is 13.9. The molecule has 0 unspecified atom stereocenters. The average molecular weight is 558 g/mol. The van der Waals surface area contributed by atoms with Crippen LogP contribution >= 0.6 is 11.8 Å². The molecular formula is C30H35N7O2S. The molecule has 0 bridgehead atoms. The topological polar surface area (TPSA) is 136 Å². The zero-order valence-corrected chi connectivity index (χ0v) is 23.4. The van der Waals surface area contributed by atoms with Crippen molar-refractivity contribution in [1.29, 1.82) is 5.53 Å². The Hall–Kier alpha value is -4.18. The highest BCUT2D eigenvalue weighted by Gasteiger charge is 2.20. The summed E-state index contributed by atoms with van der Waals surface area (Å²) in [6.45, 7) is 2.40. The first-order chi connectivity index (χ1) is 19.5. The van der Waals surface area contributed by atoms with Crippen LogP contribution in [-0.2, 0) is 6.54 Å². The lowest BCUT2D eigenvalue weighted by Gasteiger charge is -2.26. The molecule has 1 saturated carbocycles. The summed E-state index contributed by atoms with van der Waals surface area (Å²) in [5.74, 6) is 0.805. The first-order valence-electron chi connectivity index (χ1n) is 13.5. The first-order valence-corrected chi connectivity index (χ1v) is 14.5. The van der Waals surface area contributed by atoms with Gasteiger partial charge in [-0.25, -0.2) is 4.79 Å². The van der Waals surface area contributed by atoms with Gasteiger partial charge in [0.25, 0.3) is 5.91 Å². The minimum atomic E-state index is -0.464. The third kappa shape index (κ3) is 7.92. The number of anilines is 2. The van der Waals surface area contributed by atoms with E-state index < -0.39 is 5.91 Å². The molecule has 0 aromatic heterocycles. The van der Waals surface area contributed by atoms with Gasteiger partial charge in [-0.15, -0.1) is 11.8 Å². The lowest BCUT2D eigenvalue weighted by Crippen LogP contribution is -2.36. The summed E-state index contributed by atoms with van der Waals surface area (Å²) in [5, 5.41) is 11.5. The van der Waals surface area contributed by atoms with Crippen LogP contribution in [0.15, 0.2) is 88.0 Å². The number of nitrogens with two attached hydrogens (primary N) is 1. The number of hydrogen-bond donors (Lipinski definition) is 4. The van der Waals surface area contributed by atoms with E-state index in [-0.39, 0.29) is 12.0 Å². The van der Waals surface area contributed by atoms with Crippen molar-refractivity contribution in [2.45, 2.75) is 56.4 Å². The number of amides is 3. The van der Waals surface area contributed by atoms with E-state index in [2.05, 4.69) is 40.0 Å². The summed E-state index contributed by atoms with van der Waals surface area (Å²) < 4.78 is 0. The molecular weight excluding hydrogens is 522 g/mol. The first kappa shape index (κ1) is 28.8. The maximum absolute atomic E-state index is 13.6. The number of nitrogens with one attached hydrogen (secondary N) is 3. The Morgan fingerprint density at radius 2 is 1.75 bits per heavy atom. The van der Waals surface area contributed by atoms with Crippen molar-refractivity contribution in [3.63, 3.8) is 0 Å². The van der Waals surface area contributed by atoms with E-state index in [1.807, 2.05) is 36.4 Å². The second kappa shape index (κ2) is 14.3. The van der Waals surface area contributed by atoms with Gasteiger partial charge in [0.05, 0.1) is 6.54 Å². The van der Waals surface area contributed by atoms with Gasteiger partial charge in [-0.3, -0.25) is 15.0 Å². The summed E-state index contributed by atoms with van der Waals surface area (Å²) in [6.07, 6.45) is 6.27. The third-order valence-corrected chi connectivity index (χ3v) is 7.75. The molecule has 1 aliphatic rings. The fraction of sp³-hybridized carbons (Fsp3) is 0.300. The summed E-state index contributed by atoms with van der Waals surface area (Å²) in [5.41, 5.74) is 16.3. The number of benzene rings is 3. The van der Waals surface area contributed by atoms with E-state index in [0.29, 0.717) is 18.0 Å². The van der Waals surface area contributed by atoms with Crippen LogP contribution in [0.5, 0.6) is 0 Å². The number of urea groups is 1. The predicted molar refractivity (Wildman–Crippen MR) is 161 cm³/mol. The Balaban J connectivity index is 1.55. The van der Waals surface area contributed by atoms with Crippen molar-refractivity contribution in [3.8, 4) is 0 Å². The van der Waals surface area contributed by atoms with E-state index in [9.17, 15) is 9.59 Å². The molecule has 3 amide bonds. The van der Waals surface area contributed by atoms with Gasteiger partial charge < -0.3 is 11.1 Å². The van der Waals surface area contributed by atoms with Crippen LogP contribution in [0.2, 0.25) is 0 Å². The lowest BCUT2D eigenvalue weighted by atomic mass is 9.84. The Kier molecular flexibility index (Phi) is 10.3. The summed E-state index contributed by atoms with van der Waals surface area (Å²) in [4.78, 5) is 28.8. The Labute approximate surface area is 239 Å². The van der Waals surface area contributed by atoms with Gasteiger partial charge in [0.15, 0.2) is 0 Å². The maximum atomic E-state index is 13.6. The van der Waals surface area contributed by atoms with Gasteiger partial charge in [0.1, 0.15) is 0 Å². The quantitative estimate of drug-likeness (QED) is 0.0735. The molecule has 9 nitrogen and oxygen atoms in total. The Bertz CT molecular complexity index is 1340. The number of carbonyl (C=O) groups excluding carboxylic acids is 2. The van der Waals surface area contributed by atoms with Crippen LogP contribution in [-0.4, -0.2) is 23.7 Å². The van der Waals surface area contributed by atoms with Gasteiger partial charge in [0.2, 0.25) is 5.96 Å². The monoisotopic (exact) mass is 557 g/mol. The van der Waals surface area contributed by atoms with Gasteiger partial charge >= 0.3 is 6.03 Å². The smallest absolute Gasteiger partial charge is 0.326 e. The van der Waals surface area contributed by atoms with Crippen molar-refractivity contribution < 1.29 is 9.59 Å². The van der Waals surface area contributed by atoms with Crippen LogP contribution < -0.4 is 21.3 Å². The molecule has 40 heavy (non-hydrogen) atoms. The third-order valence-electron chi connectivity index (χ3n) is 6.88. The zero-order chi connectivity index (χ0) is 28.3. The molecule has 208 valence electrons. The summed E-state index contributed by atoms with van der Waals surface area (Å²) in [7, 11) is 0. The van der Waals surface area contributed by atoms with E-state index in [0.717, 1.165) is 27.6 Å². The molecule has 0 atom stereocenters. The summed E-state index contributed by atoms with van der Waals surface area (Å²) in [6, 6.07) is 22.8. The number of carbonyl (C=O) groups is 2. The number of hydrogen-bond acceptors (Lipinski definition) is 5. The maximum Gasteiger partial charge on any atom is 0.326 e. The lowest BCUT2D eigenvalue weighted by molar-refractivity contribution is 0.0976. The number of guanidine groups is 1. The second-order valence-electron chi connectivity index (χ2n) is 9.64. The predicted octanol–water partition coefficient (Wildman–Crippen LogP) is 7.08. The SMILES string of the molecule is CCSc1cccc(NC(=O)N(Cc2ccc(C(=O)NC(N)=NN=N)cc2)c2ccc(C3CCCCC3)cc2)c1. The highest BCUT2D eigenvalue weighted by molar-refractivity contribution is 7.99. The highest BCUT2D eigenvalue weighted by atomic mass is 32.2. The van der Waals surface area contributed by atoms with Crippen LogP contribution in [0.25, 0.3) is 0 Å². The van der Waals surface area contributed by atoms with Crippen LogP contribution in [0, 0.1) is 5.53 Å². The van der Waals surface area contributed by atoms with Gasteiger partial charge in [0, 0.05) is 21.8 Å². The molecule has 3 aromatic rings. The minimum Gasteiger partial charge on any atom is -0.368 e. The average Bonchev–Trinajstić information content (AvgIpc) is 2.97. The molecule has 0 heterocycles. The molecule has 10 heteroatoms. The molecule has 0 saturated heterocycles. The molecule has 5 N–H and O–H groups in total. The van der Waals surface area contributed by atoms with Crippen molar-refractivity contribution in [2.75, 3.05) is 16.0 Å². The summed E-state index contributed by atoms with van der Waals surface area (Å²) >= 11 is 1.72. The minimum absolute atomic E-state index is 0.242. The standard InChI is InChI=1S/C30H35N7O2S/c1-2-40-27-10-6-9-25(19-27)33-30(39)37(26-17-15-23(16-18-26)22-7-4-3-5-8-22)20-21-11-13-24(14-12-21)28(38)34-29(31)35-36-32/h6,9-19,22H,2-5,7-8,20H2,1H3,(H,33,39)(H4,31,32,34,35,38). The number of nitrogens with zero attached hydrogens (tertiary/aromatic N) is 3. The van der Waals surface area contributed by atoms with E-state index in [4.69, 9.17) is 11.3 Å².